The number of aromatic nitrogens is 3. The van der Waals surface area contributed by atoms with E-state index in [4.69, 9.17) is 4.74 Å². The van der Waals surface area contributed by atoms with E-state index in [1.165, 1.54) is 62.8 Å². The Morgan fingerprint density at radius 2 is 1.75 bits per heavy atom. The molecule has 2 atom stereocenters. The minimum atomic E-state index is -0.426. The maximum absolute atomic E-state index is 14.6. The Bertz CT molecular complexity index is 975. The van der Waals surface area contributed by atoms with Crippen LogP contribution < -0.4 is 20.7 Å². The third-order valence-corrected chi connectivity index (χ3v) is 7.88. The van der Waals surface area contributed by atoms with Gasteiger partial charge in [0, 0.05) is 30.9 Å². The van der Waals surface area contributed by atoms with E-state index in [9.17, 15) is 4.39 Å². The standard InChI is InChI=1S/C26H40FN7OS/c1-4-34-14-8-11-21(34)17-29-25-31-24(28-16-19-9-6-5-7-10-19)32-26(33-25)30-20-12-13-23(22(27)15-20)35-18(2)36-3/h12-13,15,18-19,21H,4-11,14,16-17H2,1-3H3,(H3,28,29,30,31,32,33). The lowest BCUT2D eigenvalue weighted by molar-refractivity contribution is 0.277. The zero-order valence-electron chi connectivity index (χ0n) is 21.7. The molecule has 1 aliphatic heterocycles. The zero-order valence-corrected chi connectivity index (χ0v) is 22.5. The topological polar surface area (TPSA) is 87.2 Å². The predicted molar refractivity (Wildman–Crippen MR) is 147 cm³/mol. The molecule has 0 spiro atoms. The number of hydrogen-bond acceptors (Lipinski definition) is 9. The lowest BCUT2D eigenvalue weighted by Gasteiger charge is -2.23. The van der Waals surface area contributed by atoms with Gasteiger partial charge in [0.1, 0.15) is 5.44 Å². The summed E-state index contributed by atoms with van der Waals surface area (Å²) in [5.41, 5.74) is 0.428. The molecular formula is C26H40FN7OS. The van der Waals surface area contributed by atoms with Crippen molar-refractivity contribution >= 4 is 35.3 Å². The molecule has 2 aromatic rings. The average molecular weight is 518 g/mol. The monoisotopic (exact) mass is 517 g/mol. The molecule has 4 rings (SSSR count). The number of likely N-dealkylation sites (N-methyl/N-ethyl adjacent to an activating group) is 1. The van der Waals surface area contributed by atoms with E-state index >= 15 is 0 Å². The van der Waals surface area contributed by atoms with Gasteiger partial charge in [-0.3, -0.25) is 4.90 Å². The SMILES string of the molecule is CCN1CCCC1CNc1nc(NCC2CCCCC2)nc(Nc2ccc(OC(C)SC)c(F)c2)n1. The number of halogens is 1. The summed E-state index contributed by atoms with van der Waals surface area (Å²) in [6.45, 7) is 7.92. The molecule has 2 heterocycles. The Labute approximate surface area is 218 Å². The fourth-order valence-electron chi connectivity index (χ4n) is 5.00. The highest BCUT2D eigenvalue weighted by Crippen LogP contribution is 2.27. The number of ether oxygens (including phenoxy) is 1. The molecule has 1 aliphatic carbocycles. The first-order chi connectivity index (χ1) is 17.5. The third kappa shape index (κ3) is 7.59. The van der Waals surface area contributed by atoms with Crippen molar-refractivity contribution in [2.24, 2.45) is 5.92 Å². The van der Waals surface area contributed by atoms with E-state index in [1.807, 2.05) is 13.2 Å². The number of nitrogens with zero attached hydrogens (tertiary/aromatic N) is 4. The summed E-state index contributed by atoms with van der Waals surface area (Å²) < 4.78 is 20.3. The summed E-state index contributed by atoms with van der Waals surface area (Å²) in [6, 6.07) is 5.29. The van der Waals surface area contributed by atoms with Gasteiger partial charge in [-0.25, -0.2) is 4.39 Å². The Balaban J connectivity index is 1.47. The molecule has 0 amide bonds. The van der Waals surface area contributed by atoms with Gasteiger partial charge in [-0.15, -0.1) is 11.8 Å². The van der Waals surface area contributed by atoms with Crippen molar-refractivity contribution in [2.75, 3.05) is 48.4 Å². The maximum atomic E-state index is 14.6. The predicted octanol–water partition coefficient (Wildman–Crippen LogP) is 5.73. The van der Waals surface area contributed by atoms with Crippen LogP contribution in [-0.2, 0) is 0 Å². The van der Waals surface area contributed by atoms with Crippen molar-refractivity contribution in [1.82, 2.24) is 19.9 Å². The van der Waals surface area contributed by atoms with Gasteiger partial charge >= 0.3 is 0 Å². The minimum Gasteiger partial charge on any atom is -0.477 e. The second-order valence-electron chi connectivity index (χ2n) is 9.69. The highest BCUT2D eigenvalue weighted by atomic mass is 32.2. The van der Waals surface area contributed by atoms with Gasteiger partial charge in [0.25, 0.3) is 0 Å². The molecule has 3 N–H and O–H groups in total. The lowest BCUT2D eigenvalue weighted by Crippen LogP contribution is -2.35. The average Bonchev–Trinajstić information content (AvgIpc) is 3.36. The Kier molecular flexibility index (Phi) is 9.86. The van der Waals surface area contributed by atoms with Gasteiger partial charge in [0.2, 0.25) is 17.8 Å². The highest BCUT2D eigenvalue weighted by Gasteiger charge is 2.23. The summed E-state index contributed by atoms with van der Waals surface area (Å²) in [5, 5.41) is 10.0. The number of thioether (sulfide) groups is 1. The van der Waals surface area contributed by atoms with Crippen molar-refractivity contribution in [1.29, 1.82) is 0 Å². The number of likely N-dealkylation sites (tertiary alicyclic amines) is 1. The molecule has 1 aromatic carbocycles. The molecule has 8 nitrogen and oxygen atoms in total. The summed E-state index contributed by atoms with van der Waals surface area (Å²) in [6.07, 6.45) is 10.7. The van der Waals surface area contributed by atoms with Crippen LogP contribution in [-0.4, -0.2) is 63.8 Å². The van der Waals surface area contributed by atoms with Crippen molar-refractivity contribution in [2.45, 2.75) is 70.3 Å². The molecule has 2 fully saturated rings. The number of nitrogens with one attached hydrogen (secondary N) is 3. The molecule has 1 saturated carbocycles. The maximum Gasteiger partial charge on any atom is 0.233 e. The Morgan fingerprint density at radius 3 is 2.44 bits per heavy atom. The first-order valence-corrected chi connectivity index (χ1v) is 14.6. The molecule has 1 saturated heterocycles. The zero-order chi connectivity index (χ0) is 25.3. The molecular weight excluding hydrogens is 477 g/mol. The second-order valence-corrected chi connectivity index (χ2v) is 10.8. The third-order valence-electron chi connectivity index (χ3n) is 7.12. The Morgan fingerprint density at radius 1 is 1.03 bits per heavy atom. The van der Waals surface area contributed by atoms with Crippen LogP contribution in [0.5, 0.6) is 5.75 Å². The summed E-state index contributed by atoms with van der Waals surface area (Å²) >= 11 is 1.52. The van der Waals surface area contributed by atoms with Gasteiger partial charge in [-0.1, -0.05) is 26.2 Å². The molecule has 198 valence electrons. The van der Waals surface area contributed by atoms with E-state index in [1.54, 1.807) is 12.1 Å². The molecule has 0 radical (unpaired) electrons. The van der Waals surface area contributed by atoms with Crippen LogP contribution >= 0.6 is 11.8 Å². The first kappa shape index (κ1) is 26.7. The molecule has 10 heteroatoms. The van der Waals surface area contributed by atoms with Crippen LogP contribution in [0.25, 0.3) is 0 Å². The van der Waals surface area contributed by atoms with Crippen molar-refractivity contribution in [3.63, 3.8) is 0 Å². The summed E-state index contributed by atoms with van der Waals surface area (Å²) in [7, 11) is 0. The Hall–Kier alpha value is -2.33. The van der Waals surface area contributed by atoms with Gasteiger partial charge < -0.3 is 20.7 Å². The van der Waals surface area contributed by atoms with E-state index in [-0.39, 0.29) is 11.2 Å². The van der Waals surface area contributed by atoms with Crippen LogP contribution in [0, 0.1) is 11.7 Å². The largest absolute Gasteiger partial charge is 0.477 e. The van der Waals surface area contributed by atoms with E-state index < -0.39 is 5.82 Å². The number of anilines is 4. The fraction of sp³-hybridized carbons (Fsp3) is 0.654. The summed E-state index contributed by atoms with van der Waals surface area (Å²) in [5.74, 6) is 1.88. The van der Waals surface area contributed by atoms with Crippen LogP contribution in [0.4, 0.5) is 27.9 Å². The van der Waals surface area contributed by atoms with E-state index in [0.29, 0.717) is 35.5 Å². The van der Waals surface area contributed by atoms with E-state index in [2.05, 4.69) is 42.7 Å². The van der Waals surface area contributed by atoms with Crippen molar-refractivity contribution in [3.8, 4) is 5.75 Å². The molecule has 2 aliphatic rings. The van der Waals surface area contributed by atoms with Gasteiger partial charge in [-0.2, -0.15) is 15.0 Å². The first-order valence-electron chi connectivity index (χ1n) is 13.3. The minimum absolute atomic E-state index is 0.128. The molecule has 0 bridgehead atoms. The van der Waals surface area contributed by atoms with Crippen molar-refractivity contribution < 1.29 is 9.13 Å². The van der Waals surface area contributed by atoms with Crippen molar-refractivity contribution in [3.05, 3.63) is 24.0 Å². The van der Waals surface area contributed by atoms with Gasteiger partial charge in [-0.05, 0) is 70.0 Å². The van der Waals surface area contributed by atoms with E-state index in [0.717, 1.165) is 26.2 Å². The number of rotatable bonds is 12. The number of hydrogen-bond donors (Lipinski definition) is 3. The molecule has 36 heavy (non-hydrogen) atoms. The van der Waals surface area contributed by atoms with Gasteiger partial charge in [0.05, 0.1) is 0 Å². The number of benzene rings is 1. The fourth-order valence-corrected chi connectivity index (χ4v) is 5.20. The van der Waals surface area contributed by atoms with Crippen LogP contribution in [0.15, 0.2) is 18.2 Å². The lowest BCUT2D eigenvalue weighted by atomic mass is 9.89. The van der Waals surface area contributed by atoms with Crippen LogP contribution in [0.2, 0.25) is 0 Å². The smallest absolute Gasteiger partial charge is 0.233 e. The normalized spacial score (nSPS) is 19.7. The van der Waals surface area contributed by atoms with Crippen LogP contribution in [0.3, 0.4) is 0 Å². The van der Waals surface area contributed by atoms with Gasteiger partial charge in [0.15, 0.2) is 11.6 Å². The second kappa shape index (κ2) is 13.3. The molecule has 2 unspecified atom stereocenters. The summed E-state index contributed by atoms with van der Waals surface area (Å²) in [4.78, 5) is 16.3. The van der Waals surface area contributed by atoms with Crippen LogP contribution in [0.1, 0.15) is 58.8 Å². The molecule has 1 aromatic heterocycles. The quantitative estimate of drug-likeness (QED) is 0.306. The highest BCUT2D eigenvalue weighted by molar-refractivity contribution is 7.99.